The molecule has 1 fully saturated rings. The number of benzene rings is 2. The third-order valence-electron chi connectivity index (χ3n) is 5.85. The SMILES string of the molecule is COOCc1ccc2c(C3CCCCC3)c(-c3ccccc3NC(=O)CCl)[nH]c2c1. The molecule has 1 heterocycles. The number of fused-ring (bicyclic) bond motifs is 1. The Balaban J connectivity index is 1.84. The lowest BCUT2D eigenvalue weighted by Gasteiger charge is -2.23. The lowest BCUT2D eigenvalue weighted by atomic mass is 9.81. The zero-order valence-corrected chi connectivity index (χ0v) is 17.9. The highest BCUT2D eigenvalue weighted by Crippen LogP contribution is 2.44. The molecule has 1 amide bonds. The second-order valence-corrected chi connectivity index (χ2v) is 8.05. The number of carbonyl (C=O) groups excluding carboxylic acids is 1. The summed E-state index contributed by atoms with van der Waals surface area (Å²) >= 11 is 5.73. The van der Waals surface area contributed by atoms with E-state index in [2.05, 4.69) is 34.6 Å². The van der Waals surface area contributed by atoms with E-state index in [1.807, 2.05) is 18.2 Å². The Labute approximate surface area is 181 Å². The van der Waals surface area contributed by atoms with Crippen LogP contribution >= 0.6 is 11.6 Å². The van der Waals surface area contributed by atoms with Gasteiger partial charge in [0.1, 0.15) is 12.5 Å². The molecule has 0 radical (unpaired) electrons. The number of aromatic amines is 1. The molecule has 1 aliphatic rings. The van der Waals surface area contributed by atoms with E-state index in [-0.39, 0.29) is 11.8 Å². The minimum Gasteiger partial charge on any atom is -0.354 e. The summed E-state index contributed by atoms with van der Waals surface area (Å²) in [4.78, 5) is 25.5. The summed E-state index contributed by atoms with van der Waals surface area (Å²) in [6, 6.07) is 14.3. The van der Waals surface area contributed by atoms with E-state index in [9.17, 15) is 4.79 Å². The Kier molecular flexibility index (Phi) is 6.72. The normalized spacial score (nSPS) is 14.9. The fourth-order valence-electron chi connectivity index (χ4n) is 4.50. The largest absolute Gasteiger partial charge is 0.354 e. The van der Waals surface area contributed by atoms with Crippen LogP contribution in [0, 0.1) is 0 Å². The first-order valence-electron chi connectivity index (χ1n) is 10.5. The molecular formula is C24H27ClN2O3. The second kappa shape index (κ2) is 9.65. The van der Waals surface area contributed by atoms with Crippen LogP contribution in [0.1, 0.15) is 49.1 Å². The standard InChI is InChI=1S/C24H27ClN2O3/c1-29-30-15-16-11-12-18-21(13-16)27-24(23(18)17-7-3-2-4-8-17)19-9-5-6-10-20(19)26-22(28)14-25/h5-6,9-13,17,27H,2-4,7-8,14-15H2,1H3,(H,26,28). The highest BCUT2D eigenvalue weighted by molar-refractivity contribution is 6.29. The van der Waals surface area contributed by atoms with Gasteiger partial charge in [-0.05, 0) is 42.0 Å². The van der Waals surface area contributed by atoms with Crippen LogP contribution in [-0.4, -0.2) is 23.9 Å². The van der Waals surface area contributed by atoms with Gasteiger partial charge in [-0.2, -0.15) is 0 Å². The molecule has 0 atom stereocenters. The Morgan fingerprint density at radius 2 is 1.97 bits per heavy atom. The molecular weight excluding hydrogens is 400 g/mol. The van der Waals surface area contributed by atoms with Gasteiger partial charge in [0.05, 0.1) is 18.5 Å². The smallest absolute Gasteiger partial charge is 0.239 e. The molecule has 0 saturated heterocycles. The predicted molar refractivity (Wildman–Crippen MR) is 121 cm³/mol. The molecule has 2 aromatic carbocycles. The number of amides is 1. The van der Waals surface area contributed by atoms with E-state index in [0.29, 0.717) is 12.5 Å². The van der Waals surface area contributed by atoms with E-state index in [1.165, 1.54) is 50.2 Å². The molecule has 158 valence electrons. The lowest BCUT2D eigenvalue weighted by molar-refractivity contribution is -0.282. The number of aromatic nitrogens is 1. The van der Waals surface area contributed by atoms with Crippen molar-refractivity contribution in [3.8, 4) is 11.3 Å². The van der Waals surface area contributed by atoms with Crippen LogP contribution in [0.3, 0.4) is 0 Å². The van der Waals surface area contributed by atoms with Crippen molar-refractivity contribution in [1.82, 2.24) is 4.98 Å². The van der Waals surface area contributed by atoms with E-state index in [1.54, 1.807) is 0 Å². The van der Waals surface area contributed by atoms with Crippen molar-refractivity contribution >= 4 is 34.1 Å². The number of carbonyl (C=O) groups is 1. The van der Waals surface area contributed by atoms with E-state index < -0.39 is 0 Å². The van der Waals surface area contributed by atoms with Crippen LogP contribution in [0.2, 0.25) is 0 Å². The lowest BCUT2D eigenvalue weighted by Crippen LogP contribution is -2.13. The monoisotopic (exact) mass is 426 g/mol. The van der Waals surface area contributed by atoms with Crippen LogP contribution in [0.25, 0.3) is 22.2 Å². The van der Waals surface area contributed by atoms with Gasteiger partial charge in [-0.1, -0.05) is 49.6 Å². The third kappa shape index (κ3) is 4.38. The molecule has 0 bridgehead atoms. The summed E-state index contributed by atoms with van der Waals surface area (Å²) in [7, 11) is 1.51. The fraction of sp³-hybridized carbons (Fsp3) is 0.375. The van der Waals surface area contributed by atoms with Gasteiger partial charge >= 0.3 is 0 Å². The summed E-state index contributed by atoms with van der Waals surface area (Å²) in [6.07, 6.45) is 6.17. The summed E-state index contributed by atoms with van der Waals surface area (Å²) in [5, 5.41) is 4.18. The first-order chi connectivity index (χ1) is 14.7. The highest BCUT2D eigenvalue weighted by atomic mass is 35.5. The average Bonchev–Trinajstić information content (AvgIpc) is 3.17. The summed E-state index contributed by atoms with van der Waals surface area (Å²) < 4.78 is 0. The number of rotatable bonds is 7. The van der Waals surface area contributed by atoms with Gasteiger partial charge in [-0.3, -0.25) is 4.79 Å². The first kappa shape index (κ1) is 20.9. The van der Waals surface area contributed by atoms with Gasteiger partial charge in [0.15, 0.2) is 0 Å². The molecule has 30 heavy (non-hydrogen) atoms. The Morgan fingerprint density at radius 1 is 1.17 bits per heavy atom. The van der Waals surface area contributed by atoms with Crippen molar-refractivity contribution in [2.24, 2.45) is 0 Å². The number of nitrogens with one attached hydrogen (secondary N) is 2. The minimum atomic E-state index is -0.210. The van der Waals surface area contributed by atoms with Gasteiger partial charge < -0.3 is 10.3 Å². The number of hydrogen-bond donors (Lipinski definition) is 2. The quantitative estimate of drug-likeness (QED) is 0.271. The van der Waals surface area contributed by atoms with Gasteiger partial charge in [-0.15, -0.1) is 11.6 Å². The zero-order valence-electron chi connectivity index (χ0n) is 17.2. The number of hydrogen-bond acceptors (Lipinski definition) is 3. The number of halogens is 1. The van der Waals surface area contributed by atoms with Crippen molar-refractivity contribution in [3.05, 3.63) is 53.6 Å². The van der Waals surface area contributed by atoms with Gasteiger partial charge in [0.2, 0.25) is 5.91 Å². The van der Waals surface area contributed by atoms with Crippen LogP contribution < -0.4 is 5.32 Å². The molecule has 1 aromatic heterocycles. The van der Waals surface area contributed by atoms with Crippen molar-refractivity contribution in [1.29, 1.82) is 0 Å². The molecule has 3 aromatic rings. The van der Waals surface area contributed by atoms with Crippen LogP contribution in [0.15, 0.2) is 42.5 Å². The van der Waals surface area contributed by atoms with Crippen LogP contribution in [0.4, 0.5) is 5.69 Å². The molecule has 1 saturated carbocycles. The Bertz CT molecular complexity index is 1020. The van der Waals surface area contributed by atoms with Crippen molar-refractivity contribution < 1.29 is 14.6 Å². The van der Waals surface area contributed by atoms with Gasteiger partial charge in [0, 0.05) is 16.5 Å². The van der Waals surface area contributed by atoms with E-state index in [4.69, 9.17) is 21.4 Å². The van der Waals surface area contributed by atoms with E-state index >= 15 is 0 Å². The summed E-state index contributed by atoms with van der Waals surface area (Å²) in [5.74, 6) is 0.220. The van der Waals surface area contributed by atoms with Crippen LogP contribution in [-0.2, 0) is 21.2 Å². The molecule has 0 aliphatic heterocycles. The molecule has 2 N–H and O–H groups in total. The van der Waals surface area contributed by atoms with Crippen molar-refractivity contribution in [3.63, 3.8) is 0 Å². The Hall–Kier alpha value is -2.34. The molecule has 6 heteroatoms. The number of H-pyrrole nitrogens is 1. The van der Waals surface area contributed by atoms with Crippen molar-refractivity contribution in [2.75, 3.05) is 18.3 Å². The second-order valence-electron chi connectivity index (χ2n) is 7.78. The first-order valence-corrected chi connectivity index (χ1v) is 11.0. The minimum absolute atomic E-state index is 0.0701. The maximum Gasteiger partial charge on any atom is 0.239 e. The number of para-hydroxylation sites is 1. The topological polar surface area (TPSA) is 63.4 Å². The average molecular weight is 427 g/mol. The molecule has 4 rings (SSSR count). The summed E-state index contributed by atoms with van der Waals surface area (Å²) in [6.45, 7) is 0.391. The van der Waals surface area contributed by atoms with Crippen LogP contribution in [0.5, 0.6) is 0 Å². The van der Waals surface area contributed by atoms with Gasteiger partial charge in [-0.25, -0.2) is 9.78 Å². The molecule has 5 nitrogen and oxygen atoms in total. The zero-order chi connectivity index (χ0) is 20.9. The highest BCUT2D eigenvalue weighted by Gasteiger charge is 2.25. The fourth-order valence-corrected chi connectivity index (χ4v) is 4.57. The number of alkyl halides is 1. The predicted octanol–water partition coefficient (Wildman–Crippen LogP) is 6.14. The third-order valence-corrected chi connectivity index (χ3v) is 6.09. The molecule has 1 aliphatic carbocycles. The van der Waals surface area contributed by atoms with Crippen molar-refractivity contribution in [2.45, 2.75) is 44.6 Å². The van der Waals surface area contributed by atoms with E-state index in [0.717, 1.165) is 28.0 Å². The number of anilines is 1. The maximum atomic E-state index is 12.0. The maximum absolute atomic E-state index is 12.0. The summed E-state index contributed by atoms with van der Waals surface area (Å²) in [5.41, 5.74) is 6.29. The molecule has 0 unspecified atom stereocenters. The Morgan fingerprint density at radius 3 is 2.73 bits per heavy atom. The molecule has 0 spiro atoms. The van der Waals surface area contributed by atoms with Gasteiger partial charge in [0.25, 0.3) is 0 Å².